The molecule has 0 spiro atoms. The minimum absolute atomic E-state index is 0.0439. The van der Waals surface area contributed by atoms with Crippen molar-refractivity contribution >= 4 is 21.9 Å². The summed E-state index contributed by atoms with van der Waals surface area (Å²) < 4.78 is 16.9. The standard InChI is InChI=1S/C15H21BrN2O4/c1-4-21-13-8-14(22-5-2)10(16)6-9(13)11-7-12(18-17-11)15(19)20-3/h6,8,11-12,17-18H,4-5,7H2,1-3H3. The zero-order valence-electron chi connectivity index (χ0n) is 12.9. The van der Waals surface area contributed by atoms with Crippen molar-refractivity contribution in [2.45, 2.75) is 32.4 Å². The summed E-state index contributed by atoms with van der Waals surface area (Å²) in [6.07, 6.45) is 0.590. The SMILES string of the molecule is CCOc1cc(OCC)c(C2CC(C(=O)OC)NN2)cc1Br. The van der Waals surface area contributed by atoms with E-state index in [-0.39, 0.29) is 18.1 Å². The van der Waals surface area contributed by atoms with Crippen LogP contribution in [-0.2, 0) is 9.53 Å². The number of hydrazine groups is 1. The van der Waals surface area contributed by atoms with Crippen LogP contribution in [0.4, 0.5) is 0 Å². The maximum Gasteiger partial charge on any atom is 0.324 e. The van der Waals surface area contributed by atoms with E-state index in [2.05, 4.69) is 26.8 Å². The number of hydrogen-bond acceptors (Lipinski definition) is 6. The Bertz CT molecular complexity index is 539. The summed E-state index contributed by atoms with van der Waals surface area (Å²) in [6, 6.07) is 3.43. The molecule has 1 aliphatic heterocycles. The first-order chi connectivity index (χ1) is 10.6. The zero-order valence-corrected chi connectivity index (χ0v) is 14.5. The number of methoxy groups -OCH3 is 1. The van der Waals surface area contributed by atoms with Crippen molar-refractivity contribution < 1.29 is 19.0 Å². The summed E-state index contributed by atoms with van der Waals surface area (Å²) in [5.74, 6) is 1.21. The van der Waals surface area contributed by atoms with E-state index in [0.29, 0.717) is 19.6 Å². The van der Waals surface area contributed by atoms with Crippen molar-refractivity contribution in [3.05, 3.63) is 22.2 Å². The van der Waals surface area contributed by atoms with Gasteiger partial charge in [0.25, 0.3) is 0 Å². The Morgan fingerprint density at radius 1 is 1.23 bits per heavy atom. The van der Waals surface area contributed by atoms with E-state index in [1.165, 1.54) is 7.11 Å². The fourth-order valence-corrected chi connectivity index (χ4v) is 2.90. The highest BCUT2D eigenvalue weighted by Gasteiger charge is 2.32. The van der Waals surface area contributed by atoms with Gasteiger partial charge < -0.3 is 14.2 Å². The molecule has 1 aromatic carbocycles. The van der Waals surface area contributed by atoms with Crippen LogP contribution >= 0.6 is 15.9 Å². The van der Waals surface area contributed by atoms with Crippen molar-refractivity contribution in [2.24, 2.45) is 0 Å². The summed E-state index contributed by atoms with van der Waals surface area (Å²) in [6.45, 7) is 5.01. The maximum absolute atomic E-state index is 11.6. The lowest BCUT2D eigenvalue weighted by Crippen LogP contribution is -2.36. The Morgan fingerprint density at radius 3 is 2.55 bits per heavy atom. The van der Waals surface area contributed by atoms with Gasteiger partial charge in [-0.2, -0.15) is 0 Å². The molecule has 1 saturated heterocycles. The molecule has 2 rings (SSSR count). The molecule has 0 aromatic heterocycles. The van der Waals surface area contributed by atoms with E-state index in [9.17, 15) is 4.79 Å². The third-order valence-electron chi connectivity index (χ3n) is 3.43. The molecule has 6 nitrogen and oxygen atoms in total. The highest BCUT2D eigenvalue weighted by atomic mass is 79.9. The average molecular weight is 373 g/mol. The summed E-state index contributed by atoms with van der Waals surface area (Å²) in [4.78, 5) is 11.6. The number of hydrogen-bond donors (Lipinski definition) is 2. The second kappa shape index (κ2) is 7.80. The van der Waals surface area contributed by atoms with Crippen LogP contribution in [-0.4, -0.2) is 32.3 Å². The Hall–Kier alpha value is -1.31. The predicted octanol–water partition coefficient (Wildman–Crippen LogP) is 2.33. The second-order valence-corrected chi connectivity index (χ2v) is 5.69. The molecule has 1 fully saturated rings. The monoisotopic (exact) mass is 372 g/mol. The van der Waals surface area contributed by atoms with Crippen molar-refractivity contribution in [1.82, 2.24) is 10.9 Å². The van der Waals surface area contributed by atoms with Crippen molar-refractivity contribution in [2.75, 3.05) is 20.3 Å². The van der Waals surface area contributed by atoms with Gasteiger partial charge in [-0.3, -0.25) is 4.79 Å². The minimum Gasteiger partial charge on any atom is -0.493 e. The summed E-state index contributed by atoms with van der Waals surface area (Å²) in [7, 11) is 1.39. The van der Waals surface area contributed by atoms with Gasteiger partial charge in [0, 0.05) is 11.6 Å². The van der Waals surface area contributed by atoms with E-state index in [0.717, 1.165) is 21.5 Å². The number of nitrogens with one attached hydrogen (secondary N) is 2. The summed E-state index contributed by atoms with van der Waals surface area (Å²) >= 11 is 3.52. The van der Waals surface area contributed by atoms with Crippen LogP contribution in [0.2, 0.25) is 0 Å². The molecular weight excluding hydrogens is 352 g/mol. The minimum atomic E-state index is -0.366. The van der Waals surface area contributed by atoms with Crippen molar-refractivity contribution in [1.29, 1.82) is 0 Å². The largest absolute Gasteiger partial charge is 0.493 e. The predicted molar refractivity (Wildman–Crippen MR) is 85.9 cm³/mol. The molecule has 1 aliphatic rings. The number of carbonyl (C=O) groups is 1. The van der Waals surface area contributed by atoms with Gasteiger partial charge in [-0.15, -0.1) is 0 Å². The number of benzene rings is 1. The number of ether oxygens (including phenoxy) is 3. The van der Waals surface area contributed by atoms with Gasteiger partial charge in [0.2, 0.25) is 0 Å². The molecule has 22 heavy (non-hydrogen) atoms. The lowest BCUT2D eigenvalue weighted by Gasteiger charge is -2.18. The average Bonchev–Trinajstić information content (AvgIpc) is 2.99. The van der Waals surface area contributed by atoms with E-state index >= 15 is 0 Å². The molecular formula is C15H21BrN2O4. The Morgan fingerprint density at radius 2 is 1.91 bits per heavy atom. The van der Waals surface area contributed by atoms with E-state index in [4.69, 9.17) is 14.2 Å². The summed E-state index contributed by atoms with van der Waals surface area (Å²) in [5, 5.41) is 0. The third kappa shape index (κ3) is 3.71. The molecule has 2 atom stereocenters. The molecule has 2 N–H and O–H groups in total. The van der Waals surface area contributed by atoms with Crippen LogP contribution < -0.4 is 20.3 Å². The van der Waals surface area contributed by atoms with E-state index in [1.807, 2.05) is 26.0 Å². The van der Waals surface area contributed by atoms with Gasteiger partial charge in [0.05, 0.1) is 30.8 Å². The van der Waals surface area contributed by atoms with Gasteiger partial charge in [-0.05, 0) is 42.3 Å². The molecule has 0 radical (unpaired) electrons. The Labute approximate surface area is 138 Å². The van der Waals surface area contributed by atoms with Gasteiger partial charge in [-0.1, -0.05) is 0 Å². The van der Waals surface area contributed by atoms with Crippen LogP contribution in [0.25, 0.3) is 0 Å². The normalized spacial score (nSPS) is 20.7. The summed E-state index contributed by atoms with van der Waals surface area (Å²) in [5.41, 5.74) is 7.05. The van der Waals surface area contributed by atoms with Gasteiger partial charge in [0.1, 0.15) is 17.5 Å². The number of rotatable bonds is 6. The number of carbonyl (C=O) groups excluding carboxylic acids is 1. The highest BCUT2D eigenvalue weighted by Crippen LogP contribution is 2.38. The van der Waals surface area contributed by atoms with Gasteiger partial charge >= 0.3 is 5.97 Å². The van der Waals surface area contributed by atoms with Crippen LogP contribution in [0, 0.1) is 0 Å². The molecule has 0 saturated carbocycles. The number of esters is 1. The first-order valence-electron chi connectivity index (χ1n) is 7.28. The third-order valence-corrected chi connectivity index (χ3v) is 4.05. The topological polar surface area (TPSA) is 68.8 Å². The molecule has 0 amide bonds. The van der Waals surface area contributed by atoms with E-state index in [1.54, 1.807) is 0 Å². The number of halogens is 1. The fourth-order valence-electron chi connectivity index (χ4n) is 2.43. The quantitative estimate of drug-likeness (QED) is 0.746. The van der Waals surface area contributed by atoms with Crippen molar-refractivity contribution in [3.63, 3.8) is 0 Å². The van der Waals surface area contributed by atoms with Crippen molar-refractivity contribution in [3.8, 4) is 11.5 Å². The fraction of sp³-hybridized carbons (Fsp3) is 0.533. The first kappa shape index (κ1) is 17.1. The smallest absolute Gasteiger partial charge is 0.324 e. The molecule has 122 valence electrons. The van der Waals surface area contributed by atoms with Gasteiger partial charge in [0.15, 0.2) is 0 Å². The van der Waals surface area contributed by atoms with Gasteiger partial charge in [-0.25, -0.2) is 10.9 Å². The molecule has 1 aromatic rings. The Kier molecular flexibility index (Phi) is 6.05. The van der Waals surface area contributed by atoms with Crippen LogP contribution in [0.15, 0.2) is 16.6 Å². The molecule has 7 heteroatoms. The zero-order chi connectivity index (χ0) is 16.1. The van der Waals surface area contributed by atoms with Crippen LogP contribution in [0.3, 0.4) is 0 Å². The lowest BCUT2D eigenvalue weighted by atomic mass is 10.0. The molecule has 2 unspecified atom stereocenters. The Balaban J connectivity index is 2.26. The first-order valence-corrected chi connectivity index (χ1v) is 8.07. The van der Waals surface area contributed by atoms with Crippen LogP contribution in [0.1, 0.15) is 31.9 Å². The lowest BCUT2D eigenvalue weighted by molar-refractivity contribution is -0.142. The second-order valence-electron chi connectivity index (χ2n) is 4.84. The molecule has 1 heterocycles. The molecule has 0 aliphatic carbocycles. The molecule has 0 bridgehead atoms. The van der Waals surface area contributed by atoms with E-state index < -0.39 is 0 Å². The van der Waals surface area contributed by atoms with Crippen LogP contribution in [0.5, 0.6) is 11.5 Å². The maximum atomic E-state index is 11.6. The highest BCUT2D eigenvalue weighted by molar-refractivity contribution is 9.10.